The van der Waals surface area contributed by atoms with Crippen molar-refractivity contribution >= 4 is 41.7 Å². The molecule has 25 heteroatoms. The number of allylic oxidation sites excluding steroid dienone is 2. The smallest absolute Gasteiger partial charge is 0.407 e. The normalized spacial score (nSPS) is 28.3. The van der Waals surface area contributed by atoms with Crippen molar-refractivity contribution in [1.29, 1.82) is 0 Å². The lowest BCUT2D eigenvalue weighted by Gasteiger charge is -2.58. The summed E-state index contributed by atoms with van der Waals surface area (Å²) in [5.74, 6) is 8.09. The molecule has 0 bridgehead atoms. The highest BCUT2D eigenvalue weighted by atomic mass is 16.6. The molecule has 9 aliphatic rings. The number of hydrogen-bond donors (Lipinski definition) is 4. The third-order valence-corrected chi connectivity index (χ3v) is 33.2. The monoisotopic (exact) mass is 1860 g/mol. The van der Waals surface area contributed by atoms with Gasteiger partial charge < -0.3 is 83.0 Å². The van der Waals surface area contributed by atoms with Crippen molar-refractivity contribution in [3.8, 4) is 0 Å². The van der Waals surface area contributed by atoms with Crippen molar-refractivity contribution in [2.45, 2.75) is 360 Å². The van der Waals surface area contributed by atoms with Crippen molar-refractivity contribution < 1.29 is 90.4 Å². The molecule has 8 aliphatic carbocycles. The van der Waals surface area contributed by atoms with Crippen LogP contribution in [0.5, 0.6) is 0 Å². The molecule has 0 aromatic heterocycles. The topological polar surface area (TPSA) is 285 Å². The van der Waals surface area contributed by atoms with Crippen LogP contribution in [0.1, 0.15) is 325 Å². The molecule has 0 radical (unpaired) electrons. The molecule has 9 rings (SSSR count). The SMILES string of the molecule is CC(C)CCC[C@H](C)C1CCC2[C@H]3CC=C4C[C@H](OC(=O)NCC(C)(C)OCCC(C)(C)NC(=O)CCOCCOCCOCCOCCN(CCOCCOCCOCCOCCC(=O)NC(C)(C)CCOC(C)(C)CNC(=O)O[C@@H]5CC[C@]6(C)C(=CCC7[C@H]8CC[C@@H]([C@@H](C)CCCC(C)C)[C@]8(C)CC[C@H]76)C5)C(=O)CCN5C(=O)CC(C(C)(C)C)C5=O)CC[C@@]4(C)C3CC[C@]21C. The molecule has 1 aliphatic heterocycles. The van der Waals surface area contributed by atoms with Gasteiger partial charge in [0.25, 0.3) is 0 Å². The van der Waals surface area contributed by atoms with Crippen LogP contribution >= 0.6 is 0 Å². The average molecular weight is 1860 g/mol. The predicted octanol–water partition coefficient (Wildman–Crippen LogP) is 19.0. The van der Waals surface area contributed by atoms with Crippen molar-refractivity contribution in [3.05, 3.63) is 23.3 Å². The number of amides is 7. The fourth-order valence-electron chi connectivity index (χ4n) is 25.3. The highest BCUT2D eigenvalue weighted by molar-refractivity contribution is 6.04. The minimum absolute atomic E-state index is 0.00642. The number of alkyl carbamates (subject to hydrolysis) is 2. The van der Waals surface area contributed by atoms with Crippen molar-refractivity contribution in [1.82, 2.24) is 31.1 Å². The Bertz CT molecular complexity index is 3460. The standard InChI is InChI=1S/C107H186N6O19/c1-75(2)24-22-26-77(5)85-32-34-87-83-30-28-79-70-81(36-43-104(79,18)89(83)38-45-106(85,87)20)131-97(119)108-73-102(14,15)129-54-47-100(10,11)110-92(114)41-52-121-58-62-125-66-68-127-64-60-123-56-50-112(94(116)40-49-113-95(117)72-91(96(113)118)99(7,8)9)51-57-124-61-65-128-69-67-126-63-59-122-53-42-93(115)111-101(12,13)48-55-130-103(16,17)74-109-98(120)132-82-37-44-105(19)80(71-82)29-31-84-88-35-33-86(78(6)27-23-25-76(3)4)107(88,21)46-39-90(84)105/h28-29,75-78,81-91H,22-27,30-74H2,1-21H3,(H,108,119)(H,109,120)(H,110,114)(H,111,115)/t77-,78-,81+,82+,83+,84?,85?,86-,87?,88+,89?,90+,91?,104+,105+,106-,107-/m0/s1. The minimum Gasteiger partial charge on any atom is -0.446 e. The molecular weight excluding hydrogens is 1670 g/mol. The summed E-state index contributed by atoms with van der Waals surface area (Å²) in [7, 11) is 0. The molecule has 25 nitrogen and oxygen atoms in total. The van der Waals surface area contributed by atoms with Gasteiger partial charge >= 0.3 is 12.2 Å². The fraction of sp³-hybridized carbons (Fsp3) is 0.897. The Balaban J connectivity index is 0.544. The van der Waals surface area contributed by atoms with E-state index in [4.69, 9.17) is 56.8 Å². The second-order valence-corrected chi connectivity index (χ2v) is 46.9. The Labute approximate surface area is 797 Å². The molecule has 1 saturated heterocycles. The Morgan fingerprint density at radius 3 is 1.17 bits per heavy atom. The lowest BCUT2D eigenvalue weighted by Crippen LogP contribution is -2.51. The van der Waals surface area contributed by atoms with E-state index in [0.29, 0.717) is 116 Å². The van der Waals surface area contributed by atoms with Crippen LogP contribution < -0.4 is 21.3 Å². The van der Waals surface area contributed by atoms with E-state index in [1.807, 2.05) is 76.2 Å². The van der Waals surface area contributed by atoms with Gasteiger partial charge in [-0.15, -0.1) is 0 Å². The molecule has 758 valence electrons. The van der Waals surface area contributed by atoms with Gasteiger partial charge in [0.1, 0.15) is 12.2 Å². The zero-order valence-electron chi connectivity index (χ0n) is 86.5. The maximum absolute atomic E-state index is 13.7. The number of fused-ring (bicyclic) bond motifs is 10. The van der Waals surface area contributed by atoms with E-state index in [2.05, 4.69) is 103 Å². The molecule has 7 amide bonds. The van der Waals surface area contributed by atoms with Gasteiger partial charge in [0.15, 0.2) is 0 Å². The molecule has 5 unspecified atom stereocenters. The highest BCUT2D eigenvalue weighted by Crippen LogP contribution is 2.70. The fourth-order valence-corrected chi connectivity index (χ4v) is 25.3. The van der Waals surface area contributed by atoms with Gasteiger partial charge in [-0.3, -0.25) is 28.9 Å². The number of carbonyl (C=O) groups excluding carboxylic acids is 7. The van der Waals surface area contributed by atoms with Gasteiger partial charge in [-0.2, -0.15) is 0 Å². The summed E-state index contributed by atoms with van der Waals surface area (Å²) in [6.07, 6.45) is 32.8. The number of hydrogen-bond acceptors (Lipinski definition) is 19. The molecule has 0 aromatic carbocycles. The number of imide groups is 1. The molecular formula is C107H186N6O19. The Morgan fingerprint density at radius 2 is 0.811 bits per heavy atom. The molecule has 0 spiro atoms. The van der Waals surface area contributed by atoms with Gasteiger partial charge in [0.2, 0.25) is 29.5 Å². The molecule has 132 heavy (non-hydrogen) atoms. The summed E-state index contributed by atoms with van der Waals surface area (Å²) in [6.45, 7) is 53.2. The average Bonchev–Trinajstić information content (AvgIpc) is 1.48. The van der Waals surface area contributed by atoms with E-state index in [-0.39, 0.29) is 143 Å². The first-order chi connectivity index (χ1) is 62.4. The van der Waals surface area contributed by atoms with E-state index < -0.39 is 40.4 Å². The van der Waals surface area contributed by atoms with E-state index in [0.717, 1.165) is 110 Å². The maximum atomic E-state index is 13.7. The Hall–Kier alpha value is -4.83. The Kier molecular flexibility index (Phi) is 43.1. The van der Waals surface area contributed by atoms with Crippen molar-refractivity contribution in [3.63, 3.8) is 0 Å². The van der Waals surface area contributed by atoms with Crippen LogP contribution in [0, 0.1) is 104 Å². The van der Waals surface area contributed by atoms with E-state index in [1.54, 1.807) is 4.90 Å². The number of rotatable bonds is 59. The zero-order valence-corrected chi connectivity index (χ0v) is 86.5. The van der Waals surface area contributed by atoms with Crippen molar-refractivity contribution in [2.75, 3.05) is 152 Å². The first-order valence-corrected chi connectivity index (χ1v) is 52.3. The van der Waals surface area contributed by atoms with Crippen LogP contribution in [-0.4, -0.2) is 238 Å². The van der Waals surface area contributed by atoms with E-state index in [9.17, 15) is 33.6 Å². The predicted molar refractivity (Wildman–Crippen MR) is 518 cm³/mol. The maximum Gasteiger partial charge on any atom is 0.407 e. The highest BCUT2D eigenvalue weighted by Gasteiger charge is 2.62. The van der Waals surface area contributed by atoms with Gasteiger partial charge in [-0.25, -0.2) is 9.59 Å². The third-order valence-electron chi connectivity index (χ3n) is 33.2. The summed E-state index contributed by atoms with van der Waals surface area (Å²) < 4.78 is 70.7. The third kappa shape index (κ3) is 32.9. The summed E-state index contributed by atoms with van der Waals surface area (Å²) in [6, 6.07) is 0. The molecule has 6 saturated carbocycles. The molecule has 7 fully saturated rings. The first-order valence-electron chi connectivity index (χ1n) is 52.3. The molecule has 17 atom stereocenters. The summed E-state index contributed by atoms with van der Waals surface area (Å²) in [5, 5.41) is 12.2. The molecule has 0 aromatic rings. The largest absolute Gasteiger partial charge is 0.446 e. The number of ether oxygens (including phenoxy) is 12. The minimum atomic E-state index is -0.647. The van der Waals surface area contributed by atoms with Gasteiger partial charge in [-0.1, -0.05) is 152 Å². The van der Waals surface area contributed by atoms with Gasteiger partial charge in [0.05, 0.1) is 123 Å². The van der Waals surface area contributed by atoms with E-state index in [1.165, 1.54) is 119 Å². The van der Waals surface area contributed by atoms with Crippen LogP contribution in [-0.2, 0) is 80.8 Å². The number of nitrogens with zero attached hydrogens (tertiary/aromatic N) is 2. The number of likely N-dealkylation sites (tertiary alicyclic amines) is 1. The van der Waals surface area contributed by atoms with Crippen LogP contribution in [0.2, 0.25) is 0 Å². The van der Waals surface area contributed by atoms with Gasteiger partial charge in [0, 0.05) is 95.5 Å². The van der Waals surface area contributed by atoms with Crippen LogP contribution in [0.3, 0.4) is 0 Å². The first kappa shape index (κ1) is 111. The van der Waals surface area contributed by atoms with E-state index >= 15 is 0 Å². The van der Waals surface area contributed by atoms with Gasteiger partial charge in [-0.05, 0) is 256 Å². The number of nitrogens with one attached hydrogen (secondary N) is 4. The zero-order chi connectivity index (χ0) is 96.3. The number of carbonyl (C=O) groups is 7. The van der Waals surface area contributed by atoms with Crippen molar-refractivity contribution in [2.24, 2.45) is 104 Å². The lowest BCUT2D eigenvalue weighted by atomic mass is 9.47. The second kappa shape index (κ2) is 51.4. The summed E-state index contributed by atoms with van der Waals surface area (Å²) in [5.41, 5.74) is 1.61. The molecule has 1 heterocycles. The summed E-state index contributed by atoms with van der Waals surface area (Å²) >= 11 is 0. The quantitative estimate of drug-likeness (QED) is 0.0250. The Morgan fingerprint density at radius 1 is 0.439 bits per heavy atom. The van der Waals surface area contributed by atoms with Crippen LogP contribution in [0.25, 0.3) is 0 Å². The summed E-state index contributed by atoms with van der Waals surface area (Å²) in [4.78, 5) is 95.2. The second-order valence-electron chi connectivity index (χ2n) is 46.9. The lowest BCUT2D eigenvalue weighted by molar-refractivity contribution is -0.141. The van der Waals surface area contributed by atoms with Crippen LogP contribution in [0.4, 0.5) is 9.59 Å². The van der Waals surface area contributed by atoms with Crippen LogP contribution in [0.15, 0.2) is 23.3 Å². The molecule has 4 N–H and O–H groups in total.